The molecule has 4 heteroatoms. The maximum atomic E-state index is 14.0. The highest BCUT2D eigenvalue weighted by molar-refractivity contribution is 6.31. The second kappa shape index (κ2) is 7.61. The lowest BCUT2D eigenvalue weighted by Gasteiger charge is -2.18. The number of methoxy groups -OCH3 is 1. The van der Waals surface area contributed by atoms with Crippen LogP contribution in [0, 0.1) is 5.82 Å². The summed E-state index contributed by atoms with van der Waals surface area (Å²) in [5.74, 6) is 0.603. The molecule has 1 unspecified atom stereocenters. The van der Waals surface area contributed by atoms with E-state index in [4.69, 9.17) is 22.1 Å². The van der Waals surface area contributed by atoms with Gasteiger partial charge in [-0.25, -0.2) is 4.39 Å². The van der Waals surface area contributed by atoms with Crippen molar-refractivity contribution in [1.82, 2.24) is 0 Å². The van der Waals surface area contributed by atoms with Crippen molar-refractivity contribution >= 4 is 11.6 Å². The van der Waals surface area contributed by atoms with Gasteiger partial charge in [0.2, 0.25) is 0 Å². The van der Waals surface area contributed by atoms with E-state index < -0.39 is 0 Å². The van der Waals surface area contributed by atoms with Crippen LogP contribution < -0.4 is 10.5 Å². The lowest BCUT2D eigenvalue weighted by molar-refractivity contribution is 0.409. The van der Waals surface area contributed by atoms with E-state index in [2.05, 4.69) is 13.0 Å². The van der Waals surface area contributed by atoms with Gasteiger partial charge >= 0.3 is 0 Å². The van der Waals surface area contributed by atoms with Crippen LogP contribution in [0.3, 0.4) is 0 Å². The van der Waals surface area contributed by atoms with Crippen molar-refractivity contribution in [2.24, 2.45) is 5.73 Å². The largest absolute Gasteiger partial charge is 0.496 e. The lowest BCUT2D eigenvalue weighted by Crippen LogP contribution is -2.16. The van der Waals surface area contributed by atoms with Crippen molar-refractivity contribution in [2.45, 2.75) is 25.7 Å². The molecule has 0 aliphatic carbocycles. The van der Waals surface area contributed by atoms with Gasteiger partial charge < -0.3 is 10.5 Å². The zero-order chi connectivity index (χ0) is 16.1. The first-order chi connectivity index (χ1) is 10.6. The summed E-state index contributed by atoms with van der Waals surface area (Å²) in [4.78, 5) is 0. The molecule has 0 amide bonds. The number of nitrogens with two attached hydrogens (primary N) is 1. The molecule has 118 valence electrons. The molecular formula is C18H21ClFNO. The Hall–Kier alpha value is -1.58. The Morgan fingerprint density at radius 3 is 2.64 bits per heavy atom. The summed E-state index contributed by atoms with van der Waals surface area (Å²) in [6.07, 6.45) is 1.35. The minimum Gasteiger partial charge on any atom is -0.496 e. The molecular weight excluding hydrogens is 301 g/mol. The summed E-state index contributed by atoms with van der Waals surface area (Å²) in [5.41, 5.74) is 8.65. The maximum absolute atomic E-state index is 14.0. The normalized spacial score (nSPS) is 12.2. The molecule has 0 aromatic heterocycles. The van der Waals surface area contributed by atoms with E-state index in [-0.39, 0.29) is 11.7 Å². The summed E-state index contributed by atoms with van der Waals surface area (Å²) in [6.45, 7) is 2.51. The number of hydrogen-bond donors (Lipinski definition) is 1. The Labute approximate surface area is 136 Å². The van der Waals surface area contributed by atoms with Crippen molar-refractivity contribution in [3.8, 4) is 5.75 Å². The molecule has 0 fully saturated rings. The smallest absolute Gasteiger partial charge is 0.127 e. The number of ether oxygens (including phenoxy) is 1. The fourth-order valence-corrected chi connectivity index (χ4v) is 2.88. The van der Waals surface area contributed by atoms with Gasteiger partial charge in [0.25, 0.3) is 0 Å². The predicted molar refractivity (Wildman–Crippen MR) is 89.3 cm³/mol. The molecule has 1 atom stereocenters. The highest BCUT2D eigenvalue weighted by atomic mass is 35.5. The van der Waals surface area contributed by atoms with Crippen LogP contribution in [0.25, 0.3) is 0 Å². The minimum absolute atomic E-state index is 0.0191. The van der Waals surface area contributed by atoms with Crippen molar-refractivity contribution < 1.29 is 9.13 Å². The Bertz CT molecular complexity index is 625. The summed E-state index contributed by atoms with van der Waals surface area (Å²) >= 11 is 6.12. The van der Waals surface area contributed by atoms with Crippen molar-refractivity contribution in [2.75, 3.05) is 13.7 Å². The molecule has 0 aliphatic rings. The number of aryl methyl sites for hydroxylation is 1. The summed E-state index contributed by atoms with van der Waals surface area (Å²) in [7, 11) is 1.66. The summed E-state index contributed by atoms with van der Waals surface area (Å²) < 4.78 is 19.3. The van der Waals surface area contributed by atoms with Gasteiger partial charge in [-0.2, -0.15) is 0 Å². The summed E-state index contributed by atoms with van der Waals surface area (Å²) in [5, 5.41) is 0.447. The number of halogens is 2. The van der Waals surface area contributed by atoms with Gasteiger partial charge in [0.05, 0.1) is 7.11 Å². The van der Waals surface area contributed by atoms with E-state index in [9.17, 15) is 4.39 Å². The highest BCUT2D eigenvalue weighted by Crippen LogP contribution is 2.29. The second-order valence-corrected chi connectivity index (χ2v) is 5.67. The van der Waals surface area contributed by atoms with Crippen LogP contribution in [0.2, 0.25) is 5.02 Å². The Balaban J connectivity index is 2.32. The van der Waals surface area contributed by atoms with Crippen molar-refractivity contribution in [1.29, 1.82) is 0 Å². The van der Waals surface area contributed by atoms with E-state index in [1.165, 1.54) is 6.07 Å². The highest BCUT2D eigenvalue weighted by Gasteiger charge is 2.17. The van der Waals surface area contributed by atoms with Crippen molar-refractivity contribution in [3.63, 3.8) is 0 Å². The molecule has 0 heterocycles. The van der Waals surface area contributed by atoms with Gasteiger partial charge in [-0.15, -0.1) is 0 Å². The molecule has 0 saturated heterocycles. The molecule has 0 saturated carbocycles. The fraction of sp³-hybridized carbons (Fsp3) is 0.333. The zero-order valence-corrected chi connectivity index (χ0v) is 13.7. The van der Waals surface area contributed by atoms with E-state index >= 15 is 0 Å². The lowest BCUT2D eigenvalue weighted by atomic mass is 9.90. The van der Waals surface area contributed by atoms with Crippen LogP contribution >= 0.6 is 11.6 Å². The van der Waals surface area contributed by atoms with Gasteiger partial charge in [-0.3, -0.25) is 0 Å². The van der Waals surface area contributed by atoms with Crippen LogP contribution in [-0.2, 0) is 12.8 Å². The van der Waals surface area contributed by atoms with Crippen LogP contribution in [0.4, 0.5) is 4.39 Å². The third-order valence-corrected chi connectivity index (χ3v) is 4.31. The number of benzene rings is 2. The maximum Gasteiger partial charge on any atom is 0.127 e. The second-order valence-electron chi connectivity index (χ2n) is 5.26. The number of rotatable bonds is 6. The first-order valence-electron chi connectivity index (χ1n) is 7.40. The minimum atomic E-state index is -0.282. The van der Waals surface area contributed by atoms with Crippen LogP contribution in [-0.4, -0.2) is 13.7 Å². The Kier molecular flexibility index (Phi) is 5.81. The first-order valence-corrected chi connectivity index (χ1v) is 7.78. The average Bonchev–Trinajstić information content (AvgIpc) is 2.54. The molecule has 0 radical (unpaired) electrons. The third kappa shape index (κ3) is 3.60. The molecule has 2 N–H and O–H groups in total. The van der Waals surface area contributed by atoms with Gasteiger partial charge in [-0.1, -0.05) is 36.7 Å². The van der Waals surface area contributed by atoms with Gasteiger partial charge in [-0.05, 0) is 48.7 Å². The standard InChI is InChI=1S/C18H21ClFNO/c1-3-12-9-13(7-8-18(12)22-2)14(11-21)10-15-16(19)5-4-6-17(15)20/h4-9,14H,3,10-11,21H2,1-2H3. The molecule has 2 nitrogen and oxygen atoms in total. The van der Waals surface area contributed by atoms with Gasteiger partial charge in [0.1, 0.15) is 11.6 Å². The average molecular weight is 322 g/mol. The van der Waals surface area contributed by atoms with Crippen LogP contribution in [0.1, 0.15) is 29.5 Å². The summed E-state index contributed by atoms with van der Waals surface area (Å²) in [6, 6.07) is 10.8. The third-order valence-electron chi connectivity index (χ3n) is 3.95. The monoisotopic (exact) mass is 321 g/mol. The number of hydrogen-bond acceptors (Lipinski definition) is 2. The van der Waals surface area contributed by atoms with E-state index in [0.29, 0.717) is 23.6 Å². The van der Waals surface area contributed by atoms with Gasteiger partial charge in [0.15, 0.2) is 0 Å². The molecule has 0 aliphatic heterocycles. The van der Waals surface area contributed by atoms with E-state index in [0.717, 1.165) is 23.3 Å². The molecule has 2 aromatic rings. The van der Waals surface area contributed by atoms with Crippen molar-refractivity contribution in [3.05, 3.63) is 63.9 Å². The van der Waals surface area contributed by atoms with Crippen LogP contribution in [0.15, 0.2) is 36.4 Å². The van der Waals surface area contributed by atoms with E-state index in [1.807, 2.05) is 12.1 Å². The quantitative estimate of drug-likeness (QED) is 0.859. The Morgan fingerprint density at radius 2 is 2.05 bits per heavy atom. The fourth-order valence-electron chi connectivity index (χ4n) is 2.64. The molecule has 2 aromatic carbocycles. The predicted octanol–water partition coefficient (Wildman–Crippen LogP) is 4.34. The zero-order valence-electron chi connectivity index (χ0n) is 12.9. The first kappa shape index (κ1) is 16.8. The van der Waals surface area contributed by atoms with Crippen LogP contribution in [0.5, 0.6) is 5.75 Å². The van der Waals surface area contributed by atoms with Gasteiger partial charge in [0, 0.05) is 16.5 Å². The SMILES string of the molecule is CCc1cc(C(CN)Cc2c(F)cccc2Cl)ccc1OC. The topological polar surface area (TPSA) is 35.2 Å². The molecule has 0 bridgehead atoms. The Morgan fingerprint density at radius 1 is 1.27 bits per heavy atom. The molecule has 0 spiro atoms. The molecule has 22 heavy (non-hydrogen) atoms. The molecule has 2 rings (SSSR count). The van der Waals surface area contributed by atoms with E-state index in [1.54, 1.807) is 19.2 Å².